The molecule has 3 aromatic rings. The van der Waals surface area contributed by atoms with Crippen molar-refractivity contribution in [3.05, 3.63) is 54.6 Å². The fraction of sp³-hybridized carbons (Fsp3) is 0.250. The van der Waals surface area contributed by atoms with Crippen LogP contribution >= 0.6 is 24.8 Å². The molecule has 0 spiro atoms. The quantitative estimate of drug-likeness (QED) is 0.418. The van der Waals surface area contributed by atoms with Gasteiger partial charge in [0.05, 0.1) is 12.2 Å². The molecule has 0 aliphatic rings. The summed E-state index contributed by atoms with van der Waals surface area (Å²) in [6, 6.07) is 18.4. The van der Waals surface area contributed by atoms with Crippen molar-refractivity contribution in [2.24, 2.45) is 5.73 Å². The van der Waals surface area contributed by atoms with Crippen LogP contribution in [0.2, 0.25) is 0 Å². The summed E-state index contributed by atoms with van der Waals surface area (Å²) in [6.45, 7) is 1.80. The highest BCUT2D eigenvalue weighted by atomic mass is 35.5. The lowest BCUT2D eigenvalue weighted by Crippen LogP contribution is -2.29. The van der Waals surface area contributed by atoms with Crippen LogP contribution in [0.5, 0.6) is 0 Å². The molecule has 0 unspecified atom stereocenters. The number of fused-ring (bicyclic) bond motifs is 2. The highest BCUT2D eigenvalue weighted by molar-refractivity contribution is 6.15. The number of nitrogens with two attached hydrogens (primary N) is 1. The van der Waals surface area contributed by atoms with Gasteiger partial charge in [-0.3, -0.25) is 4.79 Å². The molecule has 4 N–H and O–H groups in total. The van der Waals surface area contributed by atoms with Crippen LogP contribution in [-0.2, 0) is 4.79 Å². The van der Waals surface area contributed by atoms with Gasteiger partial charge in [-0.25, -0.2) is 0 Å². The van der Waals surface area contributed by atoms with Crippen LogP contribution in [-0.4, -0.2) is 25.5 Å². The van der Waals surface area contributed by atoms with Gasteiger partial charge in [-0.1, -0.05) is 48.5 Å². The fourth-order valence-electron chi connectivity index (χ4n) is 2.93. The SMILES string of the molecule is Cl.Cl.NCCCCNCC(=O)Nc1c2ccccc2cc2ccccc12. The summed E-state index contributed by atoms with van der Waals surface area (Å²) < 4.78 is 0. The maximum Gasteiger partial charge on any atom is 0.238 e. The molecule has 1 amide bonds. The van der Waals surface area contributed by atoms with Crippen LogP contribution in [0, 0.1) is 0 Å². The van der Waals surface area contributed by atoms with Crippen molar-refractivity contribution >= 4 is 58.0 Å². The number of nitrogens with one attached hydrogen (secondary N) is 2. The van der Waals surface area contributed by atoms with Gasteiger partial charge in [0.15, 0.2) is 0 Å². The van der Waals surface area contributed by atoms with Gasteiger partial charge in [0.1, 0.15) is 0 Å². The Bertz CT molecular complexity index is 801. The van der Waals surface area contributed by atoms with Crippen LogP contribution in [0.4, 0.5) is 5.69 Å². The van der Waals surface area contributed by atoms with Crippen LogP contribution in [0.25, 0.3) is 21.5 Å². The van der Waals surface area contributed by atoms with Crippen LogP contribution in [0.15, 0.2) is 54.6 Å². The van der Waals surface area contributed by atoms with Gasteiger partial charge in [-0.15, -0.1) is 24.8 Å². The van der Waals surface area contributed by atoms with E-state index in [1.807, 2.05) is 36.4 Å². The second-order valence-corrected chi connectivity index (χ2v) is 5.91. The number of hydrogen-bond donors (Lipinski definition) is 3. The molecule has 140 valence electrons. The number of carbonyl (C=O) groups excluding carboxylic acids is 1. The first-order valence-corrected chi connectivity index (χ1v) is 8.41. The third-order valence-electron chi connectivity index (χ3n) is 4.13. The first-order valence-electron chi connectivity index (χ1n) is 8.41. The molecular weight excluding hydrogens is 369 g/mol. The zero-order valence-electron chi connectivity index (χ0n) is 14.5. The molecule has 0 bridgehead atoms. The minimum atomic E-state index is -0.0238. The van der Waals surface area contributed by atoms with E-state index in [4.69, 9.17) is 5.73 Å². The topological polar surface area (TPSA) is 67.1 Å². The van der Waals surface area contributed by atoms with Crippen molar-refractivity contribution in [2.75, 3.05) is 25.0 Å². The summed E-state index contributed by atoms with van der Waals surface area (Å²) in [5.41, 5.74) is 6.36. The minimum Gasteiger partial charge on any atom is -0.330 e. The van der Waals surface area contributed by atoms with Gasteiger partial charge in [0.2, 0.25) is 5.91 Å². The molecule has 4 nitrogen and oxygen atoms in total. The Morgan fingerprint density at radius 2 is 1.46 bits per heavy atom. The Morgan fingerprint density at radius 3 is 2.04 bits per heavy atom. The Hall–Kier alpha value is -1.85. The summed E-state index contributed by atoms with van der Waals surface area (Å²) in [7, 11) is 0. The highest BCUT2D eigenvalue weighted by Crippen LogP contribution is 2.32. The van der Waals surface area contributed by atoms with Gasteiger partial charge in [0, 0.05) is 10.8 Å². The lowest BCUT2D eigenvalue weighted by atomic mass is 10.0. The van der Waals surface area contributed by atoms with E-state index >= 15 is 0 Å². The monoisotopic (exact) mass is 393 g/mol. The molecule has 26 heavy (non-hydrogen) atoms. The average molecular weight is 394 g/mol. The molecule has 0 aromatic heterocycles. The molecule has 0 heterocycles. The number of halogens is 2. The first kappa shape index (κ1) is 22.2. The smallest absolute Gasteiger partial charge is 0.238 e. The minimum absolute atomic E-state index is 0. The third kappa shape index (κ3) is 5.32. The molecule has 3 rings (SSSR count). The molecule has 6 heteroatoms. The third-order valence-corrected chi connectivity index (χ3v) is 4.13. The Morgan fingerprint density at radius 1 is 0.885 bits per heavy atom. The fourth-order valence-corrected chi connectivity index (χ4v) is 2.93. The van der Waals surface area contributed by atoms with Gasteiger partial charge in [-0.05, 0) is 42.8 Å². The lowest BCUT2D eigenvalue weighted by molar-refractivity contribution is -0.115. The zero-order valence-corrected chi connectivity index (χ0v) is 16.2. The summed E-state index contributed by atoms with van der Waals surface area (Å²) in [5, 5.41) is 10.6. The van der Waals surface area contributed by atoms with Gasteiger partial charge < -0.3 is 16.4 Å². The van der Waals surface area contributed by atoms with Crippen molar-refractivity contribution in [3.63, 3.8) is 0 Å². The van der Waals surface area contributed by atoms with Crippen molar-refractivity contribution in [1.82, 2.24) is 5.32 Å². The second-order valence-electron chi connectivity index (χ2n) is 5.91. The number of unbranched alkanes of at least 4 members (excludes halogenated alkanes) is 1. The molecule has 3 aromatic carbocycles. The van der Waals surface area contributed by atoms with E-state index in [2.05, 4.69) is 28.8 Å². The van der Waals surface area contributed by atoms with Crippen molar-refractivity contribution < 1.29 is 4.79 Å². The molecule has 0 saturated heterocycles. The molecular formula is C20H25Cl2N3O. The predicted octanol–water partition coefficient (Wildman–Crippen LogP) is 4.10. The van der Waals surface area contributed by atoms with E-state index in [0.29, 0.717) is 13.1 Å². The lowest BCUT2D eigenvalue weighted by Gasteiger charge is -2.13. The second kappa shape index (κ2) is 11.0. The predicted molar refractivity (Wildman–Crippen MR) is 116 cm³/mol. The van der Waals surface area contributed by atoms with Crippen LogP contribution < -0.4 is 16.4 Å². The molecule has 0 radical (unpaired) electrons. The van der Waals surface area contributed by atoms with E-state index in [9.17, 15) is 4.79 Å². The van der Waals surface area contributed by atoms with E-state index in [1.165, 1.54) is 0 Å². The van der Waals surface area contributed by atoms with E-state index in [0.717, 1.165) is 46.6 Å². The normalized spacial score (nSPS) is 10.2. The number of benzene rings is 3. The van der Waals surface area contributed by atoms with Gasteiger partial charge >= 0.3 is 0 Å². The maximum absolute atomic E-state index is 12.3. The first-order chi connectivity index (χ1) is 11.8. The molecule has 0 saturated carbocycles. The summed E-state index contributed by atoms with van der Waals surface area (Å²) in [4.78, 5) is 12.3. The van der Waals surface area contributed by atoms with E-state index in [-0.39, 0.29) is 30.7 Å². The van der Waals surface area contributed by atoms with Crippen molar-refractivity contribution in [2.45, 2.75) is 12.8 Å². The van der Waals surface area contributed by atoms with Gasteiger partial charge in [0.25, 0.3) is 0 Å². The summed E-state index contributed by atoms with van der Waals surface area (Å²) in [6.07, 6.45) is 1.96. The highest BCUT2D eigenvalue weighted by Gasteiger charge is 2.10. The number of amides is 1. The Balaban J connectivity index is 0.00000169. The van der Waals surface area contributed by atoms with E-state index in [1.54, 1.807) is 0 Å². The van der Waals surface area contributed by atoms with E-state index < -0.39 is 0 Å². The number of anilines is 1. The molecule has 0 aliphatic carbocycles. The molecule has 0 atom stereocenters. The Kier molecular flexibility index (Phi) is 9.38. The zero-order chi connectivity index (χ0) is 16.8. The largest absolute Gasteiger partial charge is 0.330 e. The Labute approximate surface area is 166 Å². The number of carbonyl (C=O) groups is 1. The van der Waals surface area contributed by atoms with Crippen molar-refractivity contribution in [1.29, 1.82) is 0 Å². The summed E-state index contributed by atoms with van der Waals surface area (Å²) in [5.74, 6) is -0.0238. The molecule has 0 aliphatic heterocycles. The van der Waals surface area contributed by atoms with Crippen molar-refractivity contribution in [3.8, 4) is 0 Å². The average Bonchev–Trinajstić information content (AvgIpc) is 2.61. The van der Waals surface area contributed by atoms with Gasteiger partial charge in [-0.2, -0.15) is 0 Å². The molecule has 0 fully saturated rings. The standard InChI is InChI=1S/C20H23N3O.2ClH/c21-11-5-6-12-22-14-19(24)23-20-17-9-3-1-7-15(17)13-16-8-2-4-10-18(16)20;;/h1-4,7-10,13,22H,5-6,11-12,14,21H2,(H,23,24);2*1H. The van der Waals surface area contributed by atoms with Crippen LogP contribution in [0.3, 0.4) is 0 Å². The maximum atomic E-state index is 12.3. The van der Waals surface area contributed by atoms with Crippen LogP contribution in [0.1, 0.15) is 12.8 Å². The number of rotatable bonds is 7. The number of hydrogen-bond acceptors (Lipinski definition) is 3. The summed E-state index contributed by atoms with van der Waals surface area (Å²) >= 11 is 0.